The number of nitrogens with zero attached hydrogens (tertiary/aromatic N) is 2. The van der Waals surface area contributed by atoms with Gasteiger partial charge < -0.3 is 42.1 Å². The molecule has 0 bridgehead atoms. The maximum Gasteiger partial charge on any atom is 0.500 e. The first-order valence-corrected chi connectivity index (χ1v) is 22.3. The number of allylic oxidation sites excluding steroid dienone is 1. The van der Waals surface area contributed by atoms with Crippen LogP contribution in [-0.2, 0) is 56.1 Å². The maximum atomic E-state index is 14.1. The summed E-state index contributed by atoms with van der Waals surface area (Å²) in [6.45, 7) is 13.1. The molecule has 0 aromatic heterocycles. The van der Waals surface area contributed by atoms with E-state index >= 15 is 0 Å². The highest BCUT2D eigenvalue weighted by molar-refractivity contribution is 6.60. The molecule has 16 nitrogen and oxygen atoms in total. The Labute approximate surface area is 364 Å². The summed E-state index contributed by atoms with van der Waals surface area (Å²) in [6, 6.07) is 14.5. The second kappa shape index (κ2) is 23.7. The van der Waals surface area contributed by atoms with Crippen LogP contribution in [0.15, 0.2) is 48.2 Å². The zero-order valence-electron chi connectivity index (χ0n) is 36.8. The number of fused-ring (bicyclic) bond motifs is 3. The number of rotatable bonds is 25. The Bertz CT molecular complexity index is 2010. The monoisotopic (exact) mass is 878 g/mol. The van der Waals surface area contributed by atoms with Crippen molar-refractivity contribution in [3.05, 3.63) is 76.3 Å². The summed E-state index contributed by atoms with van der Waals surface area (Å²) in [5.74, 6) is -5.24. The first-order valence-electron chi connectivity index (χ1n) is 20.4. The molecule has 2 aromatic rings. The van der Waals surface area contributed by atoms with Crippen LogP contribution in [0.4, 0.5) is 0 Å². The topological polar surface area (TPSA) is 208 Å². The van der Waals surface area contributed by atoms with Gasteiger partial charge in [-0.25, -0.2) is 14.9 Å². The number of aliphatic hydroxyl groups is 1. The van der Waals surface area contributed by atoms with Gasteiger partial charge in [-0.2, -0.15) is 0 Å². The fourth-order valence-electron chi connectivity index (χ4n) is 7.75. The predicted molar refractivity (Wildman–Crippen MR) is 226 cm³/mol. The smallest absolute Gasteiger partial charge is 0.469 e. The van der Waals surface area contributed by atoms with Crippen LogP contribution in [0.2, 0.25) is 6.04 Å². The van der Waals surface area contributed by atoms with Gasteiger partial charge in [0.15, 0.2) is 0 Å². The summed E-state index contributed by atoms with van der Waals surface area (Å²) in [7, 11) is 2.71. The summed E-state index contributed by atoms with van der Waals surface area (Å²) in [6.07, 6.45) is 0.354. The van der Waals surface area contributed by atoms with Crippen LogP contribution >= 0.6 is 0 Å². The van der Waals surface area contributed by atoms with Crippen molar-refractivity contribution in [3.8, 4) is 17.2 Å². The second-order valence-electron chi connectivity index (χ2n) is 15.5. The van der Waals surface area contributed by atoms with E-state index in [4.69, 9.17) is 43.5 Å². The lowest BCUT2D eigenvalue weighted by Crippen LogP contribution is -2.43. The van der Waals surface area contributed by atoms with Crippen LogP contribution < -0.4 is 0 Å². The van der Waals surface area contributed by atoms with Crippen LogP contribution in [0.5, 0.6) is 0 Å². The van der Waals surface area contributed by atoms with E-state index in [2.05, 4.69) is 4.85 Å². The highest BCUT2D eigenvalue weighted by Crippen LogP contribution is 2.48. The summed E-state index contributed by atoms with van der Waals surface area (Å²) in [5.41, 5.74) is 0.398. The number of carbonyl (C=O) groups is 5. The van der Waals surface area contributed by atoms with E-state index in [1.807, 2.05) is 6.07 Å². The highest BCUT2D eigenvalue weighted by Gasteiger charge is 2.48. The fourth-order valence-corrected chi connectivity index (χ4v) is 9.44. The van der Waals surface area contributed by atoms with Gasteiger partial charge in [0.05, 0.1) is 74.4 Å². The Morgan fingerprint density at radius 1 is 0.806 bits per heavy atom. The Morgan fingerprint density at radius 2 is 1.42 bits per heavy atom. The van der Waals surface area contributed by atoms with Crippen molar-refractivity contribution in [2.45, 2.75) is 72.3 Å². The van der Waals surface area contributed by atoms with Gasteiger partial charge in [0.2, 0.25) is 0 Å². The van der Waals surface area contributed by atoms with Gasteiger partial charge >= 0.3 is 38.7 Å². The molecule has 4 atom stereocenters. The first kappa shape index (κ1) is 50.9. The summed E-state index contributed by atoms with van der Waals surface area (Å²) in [5, 5.41) is 18.9. The van der Waals surface area contributed by atoms with Crippen molar-refractivity contribution in [3.63, 3.8) is 0 Å². The van der Waals surface area contributed by atoms with E-state index in [0.717, 1.165) is 0 Å². The minimum atomic E-state index is -2.97. The zero-order chi connectivity index (χ0) is 46.1. The molecule has 1 aliphatic carbocycles. The van der Waals surface area contributed by atoms with Crippen LogP contribution in [0.1, 0.15) is 87.7 Å². The summed E-state index contributed by atoms with van der Waals surface area (Å²) in [4.78, 5) is 70.9. The lowest BCUT2D eigenvalue weighted by molar-refractivity contribution is -0.165. The van der Waals surface area contributed by atoms with Crippen molar-refractivity contribution < 1.29 is 66.0 Å². The molecule has 0 spiro atoms. The molecule has 336 valence electrons. The molecule has 0 radical (unpaired) electrons. The standard InChI is InChI=1S/C45H58N2O14Si/c1-10-44(3,42(52)54-6)29-45(4,43(53)61-23-15-25-62(55-7,56-8)57-9)27-31(26-30(2)39(49)60-24-20-48)40(50)58-21-14-22-59-41(51)35-19-13-18-34-37(35)32-16-11-12-17-33(32)38(34)36(28-46)47-5/h11-13,16-19,30-31,48H,10,14-15,20-27,29H2,1-4,6-9H3/b38-36-. The molecule has 0 saturated carbocycles. The maximum absolute atomic E-state index is 14.1. The third-order valence-corrected chi connectivity index (χ3v) is 14.0. The summed E-state index contributed by atoms with van der Waals surface area (Å²) >= 11 is 0. The Balaban J connectivity index is 1.82. The number of nitriles is 1. The molecule has 0 saturated heterocycles. The van der Waals surface area contributed by atoms with Crippen molar-refractivity contribution >= 4 is 44.2 Å². The molecule has 0 fully saturated rings. The molecule has 0 amide bonds. The van der Waals surface area contributed by atoms with Crippen LogP contribution in [0.3, 0.4) is 0 Å². The molecule has 17 heteroatoms. The number of ether oxygens (including phenoxy) is 5. The van der Waals surface area contributed by atoms with Gasteiger partial charge in [-0.15, -0.1) is 0 Å². The lowest BCUT2D eigenvalue weighted by Gasteiger charge is -2.37. The van der Waals surface area contributed by atoms with Gasteiger partial charge in [0.1, 0.15) is 6.61 Å². The van der Waals surface area contributed by atoms with Gasteiger partial charge in [-0.05, 0) is 68.7 Å². The second-order valence-corrected chi connectivity index (χ2v) is 18.6. The predicted octanol–water partition coefficient (Wildman–Crippen LogP) is 6.32. The molecular formula is C45H58N2O14Si. The van der Waals surface area contributed by atoms with Gasteiger partial charge in [-0.1, -0.05) is 50.2 Å². The number of methoxy groups -OCH3 is 1. The van der Waals surface area contributed by atoms with Gasteiger partial charge in [0.25, 0.3) is 5.70 Å². The van der Waals surface area contributed by atoms with Gasteiger partial charge in [0, 0.05) is 44.9 Å². The van der Waals surface area contributed by atoms with Crippen molar-refractivity contribution in [2.75, 3.05) is 61.5 Å². The Hall–Kier alpha value is -5.43. The van der Waals surface area contributed by atoms with E-state index in [-0.39, 0.29) is 63.4 Å². The zero-order valence-corrected chi connectivity index (χ0v) is 37.8. The van der Waals surface area contributed by atoms with E-state index in [9.17, 15) is 34.3 Å². The Morgan fingerprint density at radius 3 is 2.02 bits per heavy atom. The molecular weight excluding hydrogens is 821 g/mol. The molecule has 0 heterocycles. The van der Waals surface area contributed by atoms with E-state index < -0.39 is 67.9 Å². The van der Waals surface area contributed by atoms with E-state index in [0.29, 0.717) is 46.7 Å². The lowest BCUT2D eigenvalue weighted by atomic mass is 9.67. The molecule has 4 unspecified atom stereocenters. The minimum absolute atomic E-state index is 0.0455. The molecule has 3 rings (SSSR count). The van der Waals surface area contributed by atoms with Crippen molar-refractivity contribution in [2.24, 2.45) is 22.7 Å². The number of hydrogen-bond acceptors (Lipinski definition) is 15. The largest absolute Gasteiger partial charge is 0.500 e. The SMILES string of the molecule is [C-]#[N+]/C(C#N)=C1/c2ccccc2-c2c(C(=O)OCCCOC(=O)C(CC(C)C(=O)OCCO)CC(C)(CC(C)(CC)C(=O)OC)C(=O)OCCC[Si](OC)(OC)OC)cccc21. The number of benzene rings is 2. The van der Waals surface area contributed by atoms with Crippen LogP contribution in [-0.4, -0.2) is 105 Å². The number of esters is 5. The van der Waals surface area contributed by atoms with Gasteiger partial charge in [-0.3, -0.25) is 19.2 Å². The fraction of sp³-hybridized carbons (Fsp3) is 0.533. The number of aliphatic hydroxyl groups excluding tert-OH is 1. The first-order chi connectivity index (χ1) is 29.6. The third-order valence-electron chi connectivity index (χ3n) is 11.2. The van der Waals surface area contributed by atoms with Crippen molar-refractivity contribution in [1.29, 1.82) is 5.26 Å². The number of carbonyl (C=O) groups excluding carboxylic acids is 5. The molecule has 2 aromatic carbocycles. The number of hydrogen-bond donors (Lipinski definition) is 1. The highest BCUT2D eigenvalue weighted by atomic mass is 28.4. The molecule has 62 heavy (non-hydrogen) atoms. The molecule has 1 N–H and O–H groups in total. The van der Waals surface area contributed by atoms with Crippen LogP contribution in [0, 0.1) is 40.6 Å². The molecule has 0 aliphatic heterocycles. The normalized spacial score (nSPS) is 15.5. The van der Waals surface area contributed by atoms with Crippen molar-refractivity contribution in [1.82, 2.24) is 0 Å². The Kier molecular flexibility index (Phi) is 19.5. The summed E-state index contributed by atoms with van der Waals surface area (Å²) < 4.78 is 43.7. The van der Waals surface area contributed by atoms with E-state index in [1.54, 1.807) is 70.2 Å². The minimum Gasteiger partial charge on any atom is -0.469 e. The quantitative estimate of drug-likeness (QED) is 0.0247. The molecule has 1 aliphatic rings. The average Bonchev–Trinajstić information content (AvgIpc) is 3.62. The third kappa shape index (κ3) is 12.4. The van der Waals surface area contributed by atoms with E-state index in [1.165, 1.54) is 28.4 Å². The average molecular weight is 879 g/mol. The van der Waals surface area contributed by atoms with Crippen LogP contribution in [0.25, 0.3) is 21.5 Å².